The van der Waals surface area contributed by atoms with Gasteiger partial charge in [-0.15, -0.1) is 5.10 Å². The maximum atomic E-state index is 10.4. The molecule has 1 heterocycles. The lowest BCUT2D eigenvalue weighted by atomic mass is 9.87. The molecule has 0 radical (unpaired) electrons. The fourth-order valence-corrected chi connectivity index (χ4v) is 2.22. The van der Waals surface area contributed by atoms with Gasteiger partial charge in [0, 0.05) is 5.92 Å². The van der Waals surface area contributed by atoms with E-state index in [1.54, 1.807) is 6.07 Å². The van der Waals surface area contributed by atoms with E-state index in [4.69, 9.17) is 5.11 Å². The average molecular weight is 235 g/mol. The largest absolute Gasteiger partial charge is 0.480 e. The number of hydrogen-bond acceptors (Lipinski definition) is 4. The molecule has 5 nitrogen and oxygen atoms in total. The van der Waals surface area contributed by atoms with Gasteiger partial charge < -0.3 is 10.4 Å². The van der Waals surface area contributed by atoms with Crippen LogP contribution in [0.15, 0.2) is 12.1 Å². The van der Waals surface area contributed by atoms with Crippen molar-refractivity contribution < 1.29 is 9.90 Å². The Hall–Kier alpha value is -1.65. The highest BCUT2D eigenvalue weighted by molar-refractivity contribution is 5.72. The standard InChI is InChI=1S/C12H17N3O2/c16-12(17)8-13-11-7-6-10(14-15-11)9-4-2-1-3-5-9/h6-7,9H,1-5,8H2,(H,13,15)(H,16,17). The van der Waals surface area contributed by atoms with E-state index < -0.39 is 5.97 Å². The number of hydrogen-bond donors (Lipinski definition) is 2. The number of carboxylic acids is 1. The van der Waals surface area contributed by atoms with Gasteiger partial charge in [-0.2, -0.15) is 5.10 Å². The predicted molar refractivity (Wildman–Crippen MR) is 64.0 cm³/mol. The highest BCUT2D eigenvalue weighted by Gasteiger charge is 2.16. The molecular formula is C12H17N3O2. The van der Waals surface area contributed by atoms with Gasteiger partial charge in [0.1, 0.15) is 12.4 Å². The van der Waals surface area contributed by atoms with Crippen LogP contribution in [0, 0.1) is 0 Å². The summed E-state index contributed by atoms with van der Waals surface area (Å²) >= 11 is 0. The van der Waals surface area contributed by atoms with Crippen molar-refractivity contribution in [2.45, 2.75) is 38.0 Å². The molecule has 1 aromatic heterocycles. The summed E-state index contributed by atoms with van der Waals surface area (Å²) in [6.07, 6.45) is 6.24. The van der Waals surface area contributed by atoms with Crippen LogP contribution >= 0.6 is 0 Å². The Morgan fingerprint density at radius 3 is 2.65 bits per heavy atom. The van der Waals surface area contributed by atoms with E-state index in [-0.39, 0.29) is 6.54 Å². The van der Waals surface area contributed by atoms with Crippen molar-refractivity contribution in [3.8, 4) is 0 Å². The first-order valence-electron chi connectivity index (χ1n) is 6.05. The quantitative estimate of drug-likeness (QED) is 0.835. The van der Waals surface area contributed by atoms with Crippen molar-refractivity contribution in [2.24, 2.45) is 0 Å². The monoisotopic (exact) mass is 235 g/mol. The van der Waals surface area contributed by atoms with Crippen LogP contribution in [0.2, 0.25) is 0 Å². The SMILES string of the molecule is O=C(O)CNc1ccc(C2CCCCC2)nn1. The number of carbonyl (C=O) groups is 1. The lowest BCUT2D eigenvalue weighted by Crippen LogP contribution is -2.14. The number of anilines is 1. The van der Waals surface area contributed by atoms with Gasteiger partial charge in [0.2, 0.25) is 0 Å². The summed E-state index contributed by atoms with van der Waals surface area (Å²) in [7, 11) is 0. The first-order chi connectivity index (χ1) is 8.25. The molecule has 0 saturated heterocycles. The van der Waals surface area contributed by atoms with Crippen molar-refractivity contribution in [3.05, 3.63) is 17.8 Å². The van der Waals surface area contributed by atoms with Crippen molar-refractivity contribution in [2.75, 3.05) is 11.9 Å². The van der Waals surface area contributed by atoms with Gasteiger partial charge in [0.25, 0.3) is 0 Å². The zero-order valence-electron chi connectivity index (χ0n) is 9.72. The number of nitrogens with one attached hydrogen (secondary N) is 1. The Kier molecular flexibility index (Phi) is 3.90. The second-order valence-corrected chi connectivity index (χ2v) is 4.43. The minimum absolute atomic E-state index is 0.128. The third kappa shape index (κ3) is 3.41. The Labute approximate surface area is 100 Å². The van der Waals surface area contributed by atoms with E-state index in [2.05, 4.69) is 15.5 Å². The Balaban J connectivity index is 1.94. The van der Waals surface area contributed by atoms with Crippen LogP contribution in [0.1, 0.15) is 43.7 Å². The number of rotatable bonds is 4. The normalized spacial score (nSPS) is 16.7. The highest BCUT2D eigenvalue weighted by Crippen LogP contribution is 2.31. The average Bonchev–Trinajstić information content (AvgIpc) is 2.38. The van der Waals surface area contributed by atoms with Crippen molar-refractivity contribution in [3.63, 3.8) is 0 Å². The summed E-state index contributed by atoms with van der Waals surface area (Å²) in [5, 5.41) is 19.4. The molecule has 0 aliphatic heterocycles. The smallest absolute Gasteiger partial charge is 0.322 e. The maximum absolute atomic E-state index is 10.4. The molecule has 0 bridgehead atoms. The lowest BCUT2D eigenvalue weighted by molar-refractivity contribution is -0.134. The molecular weight excluding hydrogens is 218 g/mol. The van der Waals surface area contributed by atoms with Gasteiger partial charge in [-0.25, -0.2) is 0 Å². The third-order valence-electron chi connectivity index (χ3n) is 3.13. The Bertz CT molecular complexity index is 372. The minimum atomic E-state index is -0.900. The van der Waals surface area contributed by atoms with Gasteiger partial charge in [-0.05, 0) is 25.0 Å². The first-order valence-corrected chi connectivity index (χ1v) is 6.05. The molecule has 1 aliphatic rings. The molecule has 5 heteroatoms. The molecule has 2 N–H and O–H groups in total. The summed E-state index contributed by atoms with van der Waals surface area (Å²) in [4.78, 5) is 10.4. The maximum Gasteiger partial charge on any atom is 0.322 e. The molecule has 0 aromatic carbocycles. The fraction of sp³-hybridized carbons (Fsp3) is 0.583. The summed E-state index contributed by atoms with van der Waals surface area (Å²) in [5.41, 5.74) is 1.03. The van der Waals surface area contributed by atoms with E-state index in [1.165, 1.54) is 32.1 Å². The molecule has 0 amide bonds. The van der Waals surface area contributed by atoms with Gasteiger partial charge in [-0.1, -0.05) is 19.3 Å². The van der Waals surface area contributed by atoms with E-state index >= 15 is 0 Å². The van der Waals surface area contributed by atoms with Gasteiger partial charge in [-0.3, -0.25) is 4.79 Å². The second-order valence-electron chi connectivity index (χ2n) is 4.43. The van der Waals surface area contributed by atoms with E-state index in [0.717, 1.165) is 5.69 Å². The van der Waals surface area contributed by atoms with E-state index in [1.807, 2.05) is 6.07 Å². The minimum Gasteiger partial charge on any atom is -0.480 e. The third-order valence-corrected chi connectivity index (χ3v) is 3.13. The molecule has 2 rings (SSSR count). The summed E-state index contributed by atoms with van der Waals surface area (Å²) in [5.74, 6) is 0.153. The molecule has 1 saturated carbocycles. The summed E-state index contributed by atoms with van der Waals surface area (Å²) in [6, 6.07) is 3.76. The Morgan fingerprint density at radius 1 is 1.29 bits per heavy atom. The predicted octanol–water partition coefficient (Wildman–Crippen LogP) is 2.02. The molecule has 0 unspecified atom stereocenters. The van der Waals surface area contributed by atoms with Gasteiger partial charge in [0.05, 0.1) is 5.69 Å². The lowest BCUT2D eigenvalue weighted by Gasteiger charge is -2.20. The van der Waals surface area contributed by atoms with Crippen LogP contribution in [-0.4, -0.2) is 27.8 Å². The van der Waals surface area contributed by atoms with Gasteiger partial charge in [0.15, 0.2) is 0 Å². The van der Waals surface area contributed by atoms with Crippen LogP contribution in [0.4, 0.5) is 5.82 Å². The summed E-state index contributed by atoms with van der Waals surface area (Å²) < 4.78 is 0. The number of nitrogens with zero attached hydrogens (tertiary/aromatic N) is 2. The molecule has 0 spiro atoms. The molecule has 0 atom stereocenters. The number of carboxylic acid groups (broad SMARTS) is 1. The number of aromatic nitrogens is 2. The first kappa shape index (κ1) is 11.8. The zero-order valence-corrected chi connectivity index (χ0v) is 9.72. The van der Waals surface area contributed by atoms with Crippen molar-refractivity contribution in [1.29, 1.82) is 0 Å². The topological polar surface area (TPSA) is 75.1 Å². The van der Waals surface area contributed by atoms with Crippen LogP contribution < -0.4 is 5.32 Å². The molecule has 17 heavy (non-hydrogen) atoms. The molecule has 1 aromatic rings. The van der Waals surface area contributed by atoms with Crippen LogP contribution in [0.3, 0.4) is 0 Å². The van der Waals surface area contributed by atoms with E-state index in [0.29, 0.717) is 11.7 Å². The molecule has 1 aliphatic carbocycles. The zero-order chi connectivity index (χ0) is 12.1. The van der Waals surface area contributed by atoms with Crippen molar-refractivity contribution in [1.82, 2.24) is 10.2 Å². The number of aliphatic carboxylic acids is 1. The molecule has 1 fully saturated rings. The van der Waals surface area contributed by atoms with Crippen LogP contribution in [0.25, 0.3) is 0 Å². The summed E-state index contributed by atoms with van der Waals surface area (Å²) in [6.45, 7) is -0.128. The van der Waals surface area contributed by atoms with Crippen LogP contribution in [0.5, 0.6) is 0 Å². The van der Waals surface area contributed by atoms with Crippen molar-refractivity contribution >= 4 is 11.8 Å². The second kappa shape index (κ2) is 5.61. The highest BCUT2D eigenvalue weighted by atomic mass is 16.4. The fourth-order valence-electron chi connectivity index (χ4n) is 2.22. The Morgan fingerprint density at radius 2 is 2.06 bits per heavy atom. The molecule has 92 valence electrons. The van der Waals surface area contributed by atoms with Gasteiger partial charge >= 0.3 is 5.97 Å². The van der Waals surface area contributed by atoms with E-state index in [9.17, 15) is 4.79 Å². The van der Waals surface area contributed by atoms with Crippen LogP contribution in [-0.2, 0) is 4.79 Å².